The Kier molecular flexibility index (Phi) is 9.85. The van der Waals surface area contributed by atoms with Gasteiger partial charge in [-0.2, -0.15) is 0 Å². The zero-order valence-corrected chi connectivity index (χ0v) is 18.5. The molecule has 2 rings (SSSR count). The van der Waals surface area contributed by atoms with Crippen molar-refractivity contribution in [2.45, 2.75) is 46.1 Å². The van der Waals surface area contributed by atoms with E-state index in [-0.39, 0.29) is 29.9 Å². The molecular weight excluding hydrogens is 451 g/mol. The number of aliphatic imine (C=N–C) groups is 1. The molecule has 0 saturated carbocycles. The normalized spacial score (nSPS) is 11.0. The monoisotopic (exact) mass is 480 g/mol. The molecule has 0 aliphatic carbocycles. The van der Waals surface area contributed by atoms with E-state index in [9.17, 15) is 4.79 Å². The first-order valence-electron chi connectivity index (χ1n) is 9.03. The third-order valence-electron chi connectivity index (χ3n) is 3.97. The van der Waals surface area contributed by atoms with Crippen molar-refractivity contribution in [3.05, 3.63) is 59.7 Å². The van der Waals surface area contributed by atoms with E-state index in [1.807, 2.05) is 43.3 Å². The summed E-state index contributed by atoms with van der Waals surface area (Å²) in [5, 5.41) is 6.00. The van der Waals surface area contributed by atoms with Crippen molar-refractivity contribution in [2.75, 3.05) is 10.6 Å². The number of halogens is 1. The molecule has 146 valence electrons. The van der Waals surface area contributed by atoms with Crippen LogP contribution in [0.5, 0.6) is 0 Å². The third kappa shape index (κ3) is 7.99. The summed E-state index contributed by atoms with van der Waals surface area (Å²) in [6.45, 7) is 6.78. The average Bonchev–Trinajstić information content (AvgIpc) is 2.61. The van der Waals surface area contributed by atoms with Gasteiger partial charge in [0.05, 0.1) is 6.54 Å². The van der Waals surface area contributed by atoms with Crippen LogP contribution in [0.4, 0.5) is 11.4 Å². The summed E-state index contributed by atoms with van der Waals surface area (Å²) in [6, 6.07) is 15.8. The highest BCUT2D eigenvalue weighted by Gasteiger charge is 2.02. The van der Waals surface area contributed by atoms with E-state index in [1.165, 1.54) is 5.56 Å². The number of carbonyl (C=O) groups is 1. The maximum absolute atomic E-state index is 11.6. The van der Waals surface area contributed by atoms with Gasteiger partial charge in [-0.1, -0.05) is 45.0 Å². The lowest BCUT2D eigenvalue weighted by atomic mass is 10.0. The molecule has 4 N–H and O–H groups in total. The fourth-order valence-electron chi connectivity index (χ4n) is 2.48. The van der Waals surface area contributed by atoms with Crippen LogP contribution in [-0.4, -0.2) is 11.9 Å². The first kappa shape index (κ1) is 23.0. The predicted octanol–water partition coefficient (Wildman–Crippen LogP) is 5.09. The van der Waals surface area contributed by atoms with Crippen LogP contribution in [0, 0.1) is 0 Å². The molecule has 0 saturated heterocycles. The number of hydrogen-bond donors (Lipinski definition) is 3. The lowest BCUT2D eigenvalue weighted by Crippen LogP contribution is -2.22. The quantitative estimate of drug-likeness (QED) is 0.293. The van der Waals surface area contributed by atoms with E-state index >= 15 is 0 Å². The van der Waals surface area contributed by atoms with Gasteiger partial charge in [-0.25, -0.2) is 4.99 Å². The molecule has 2 aromatic rings. The summed E-state index contributed by atoms with van der Waals surface area (Å²) in [7, 11) is 0. The highest BCUT2D eigenvalue weighted by Crippen LogP contribution is 2.18. The maximum Gasteiger partial charge on any atom is 0.224 e. The van der Waals surface area contributed by atoms with Crippen molar-refractivity contribution in [1.82, 2.24) is 0 Å². The highest BCUT2D eigenvalue weighted by molar-refractivity contribution is 14.0. The number of nitrogens with zero attached hydrogens (tertiary/aromatic N) is 1. The minimum atomic E-state index is 0. The topological polar surface area (TPSA) is 79.5 Å². The van der Waals surface area contributed by atoms with E-state index in [1.54, 1.807) is 0 Å². The number of guanidine groups is 1. The second-order valence-corrected chi connectivity index (χ2v) is 6.60. The number of nitrogens with two attached hydrogens (primary N) is 1. The van der Waals surface area contributed by atoms with Crippen molar-refractivity contribution >= 4 is 47.2 Å². The molecular formula is C21H29IN4O. The lowest BCUT2D eigenvalue weighted by molar-refractivity contribution is -0.116. The van der Waals surface area contributed by atoms with E-state index in [0.29, 0.717) is 24.8 Å². The van der Waals surface area contributed by atoms with Gasteiger partial charge in [0, 0.05) is 17.8 Å². The van der Waals surface area contributed by atoms with E-state index < -0.39 is 0 Å². The molecule has 0 spiro atoms. The van der Waals surface area contributed by atoms with Crippen LogP contribution in [0.3, 0.4) is 0 Å². The van der Waals surface area contributed by atoms with Gasteiger partial charge < -0.3 is 16.4 Å². The van der Waals surface area contributed by atoms with Crippen LogP contribution >= 0.6 is 24.0 Å². The summed E-state index contributed by atoms with van der Waals surface area (Å²) in [5.41, 5.74) is 10.0. The van der Waals surface area contributed by atoms with E-state index in [0.717, 1.165) is 23.4 Å². The van der Waals surface area contributed by atoms with Crippen LogP contribution in [0.25, 0.3) is 0 Å². The molecule has 0 aromatic heterocycles. The SMILES string of the molecule is CCCC(=O)Nc1ccc(CN=C(N)Nc2cccc(C(C)C)c2)cc1.I. The first-order valence-corrected chi connectivity index (χ1v) is 9.03. The molecule has 5 nitrogen and oxygen atoms in total. The van der Waals surface area contributed by atoms with Crippen LogP contribution in [0.15, 0.2) is 53.5 Å². The maximum atomic E-state index is 11.6. The largest absolute Gasteiger partial charge is 0.370 e. The van der Waals surface area contributed by atoms with Crippen molar-refractivity contribution in [2.24, 2.45) is 10.7 Å². The van der Waals surface area contributed by atoms with Crippen LogP contribution < -0.4 is 16.4 Å². The number of benzene rings is 2. The molecule has 0 bridgehead atoms. The molecule has 1 amide bonds. The van der Waals surface area contributed by atoms with Crippen LogP contribution in [-0.2, 0) is 11.3 Å². The molecule has 0 aliphatic rings. The van der Waals surface area contributed by atoms with E-state index in [2.05, 4.69) is 41.6 Å². The Balaban J connectivity index is 0.00000364. The first-order chi connectivity index (χ1) is 12.5. The molecule has 0 fully saturated rings. The van der Waals surface area contributed by atoms with Gasteiger partial charge >= 0.3 is 0 Å². The van der Waals surface area contributed by atoms with Gasteiger partial charge in [-0.3, -0.25) is 4.79 Å². The smallest absolute Gasteiger partial charge is 0.224 e. The molecule has 0 atom stereocenters. The molecule has 6 heteroatoms. The zero-order chi connectivity index (χ0) is 18.9. The summed E-state index contributed by atoms with van der Waals surface area (Å²) in [6.07, 6.45) is 1.37. The Morgan fingerprint density at radius 3 is 2.41 bits per heavy atom. The van der Waals surface area contributed by atoms with Crippen molar-refractivity contribution in [1.29, 1.82) is 0 Å². The van der Waals surface area contributed by atoms with Gasteiger partial charge in [0.25, 0.3) is 0 Å². The lowest BCUT2D eigenvalue weighted by Gasteiger charge is -2.10. The van der Waals surface area contributed by atoms with Gasteiger partial charge in [0.15, 0.2) is 5.96 Å². The van der Waals surface area contributed by atoms with Crippen LogP contribution in [0.2, 0.25) is 0 Å². The van der Waals surface area contributed by atoms with Crippen molar-refractivity contribution in [3.63, 3.8) is 0 Å². The van der Waals surface area contributed by atoms with Gasteiger partial charge in [0.2, 0.25) is 5.91 Å². The summed E-state index contributed by atoms with van der Waals surface area (Å²) in [4.78, 5) is 16.0. The summed E-state index contributed by atoms with van der Waals surface area (Å²) >= 11 is 0. The number of hydrogen-bond acceptors (Lipinski definition) is 2. The molecule has 0 unspecified atom stereocenters. The highest BCUT2D eigenvalue weighted by atomic mass is 127. The number of amides is 1. The minimum absolute atomic E-state index is 0. The Hall–Kier alpha value is -2.09. The Morgan fingerprint density at radius 2 is 1.78 bits per heavy atom. The molecule has 0 aliphatic heterocycles. The number of nitrogens with one attached hydrogen (secondary N) is 2. The zero-order valence-electron chi connectivity index (χ0n) is 16.2. The number of anilines is 2. The van der Waals surface area contributed by atoms with Gasteiger partial charge in [0.1, 0.15) is 0 Å². The van der Waals surface area contributed by atoms with Gasteiger partial charge in [-0.05, 0) is 47.7 Å². The second kappa shape index (κ2) is 11.6. The average molecular weight is 480 g/mol. The predicted molar refractivity (Wildman–Crippen MR) is 125 cm³/mol. The fourth-order valence-corrected chi connectivity index (χ4v) is 2.48. The molecule has 2 aromatic carbocycles. The molecule has 0 radical (unpaired) electrons. The standard InChI is InChI=1S/C21H28N4O.HI/c1-4-6-20(26)24-18-11-9-16(10-12-18)14-23-21(22)25-19-8-5-7-17(13-19)15(2)3;/h5,7-13,15H,4,6,14H2,1-3H3,(H,24,26)(H3,22,23,25);1H. The third-order valence-corrected chi connectivity index (χ3v) is 3.97. The number of rotatable bonds is 7. The van der Waals surface area contributed by atoms with E-state index in [4.69, 9.17) is 5.73 Å². The second-order valence-electron chi connectivity index (χ2n) is 6.60. The Morgan fingerprint density at radius 1 is 1.07 bits per heavy atom. The van der Waals surface area contributed by atoms with Gasteiger partial charge in [-0.15, -0.1) is 24.0 Å². The van der Waals surface area contributed by atoms with Crippen molar-refractivity contribution in [3.8, 4) is 0 Å². The fraction of sp³-hybridized carbons (Fsp3) is 0.333. The molecule has 0 heterocycles. The Bertz CT molecular complexity index is 757. The molecule has 27 heavy (non-hydrogen) atoms. The van der Waals surface area contributed by atoms with Crippen LogP contribution in [0.1, 0.15) is 50.7 Å². The number of carbonyl (C=O) groups excluding carboxylic acids is 1. The Labute approximate surface area is 178 Å². The summed E-state index contributed by atoms with van der Waals surface area (Å²) < 4.78 is 0. The minimum Gasteiger partial charge on any atom is -0.370 e. The summed E-state index contributed by atoms with van der Waals surface area (Å²) in [5.74, 6) is 0.882. The van der Waals surface area contributed by atoms with Crippen molar-refractivity contribution < 1.29 is 4.79 Å².